The molecule has 3 rings (SSSR count). The summed E-state index contributed by atoms with van der Waals surface area (Å²) in [4.78, 5) is 12.2. The van der Waals surface area contributed by atoms with Crippen LogP contribution in [-0.4, -0.2) is 11.6 Å². The maximum Gasteiger partial charge on any atom is 0.340 e. The van der Waals surface area contributed by atoms with Crippen LogP contribution in [0.2, 0.25) is 0 Å². The zero-order valence-electron chi connectivity index (χ0n) is 16.7. The van der Waals surface area contributed by atoms with Crippen LogP contribution < -0.4 is 5.73 Å². The first-order chi connectivity index (χ1) is 13.3. The van der Waals surface area contributed by atoms with Crippen molar-refractivity contribution in [2.24, 2.45) is 0 Å². The number of anilines is 1. The minimum atomic E-state index is -0.554. The second kappa shape index (κ2) is 8.38. The molecule has 2 aliphatic rings. The molecule has 28 heavy (non-hydrogen) atoms. The predicted molar refractivity (Wildman–Crippen MR) is 109 cm³/mol. The third-order valence-corrected chi connectivity index (χ3v) is 4.34. The summed E-state index contributed by atoms with van der Waals surface area (Å²) >= 11 is 0. The largest absolute Gasteiger partial charge is 0.465 e. The molecule has 2 N–H and O–H groups in total. The van der Waals surface area contributed by atoms with Crippen molar-refractivity contribution in [1.29, 1.82) is 0 Å². The summed E-state index contributed by atoms with van der Waals surface area (Å²) in [5.74, 6) is 1.12. The van der Waals surface area contributed by atoms with E-state index in [1.807, 2.05) is 39.0 Å². The molecule has 0 saturated heterocycles. The molecule has 0 unspecified atom stereocenters. The highest BCUT2D eigenvalue weighted by Crippen LogP contribution is 2.28. The molecule has 0 fully saturated rings. The standard InChI is InChI=1S/C23H27NO4/c1-23(2,3)28-22(25)19-12-10-16(13-20(19)24)9-11-18-14-26-15-21(27-18)17-7-5-4-6-8-17/h4-5,7,10,12-15H,6,8-9,11,24H2,1-3H3. The lowest BCUT2D eigenvalue weighted by Crippen LogP contribution is -2.24. The number of carbonyl (C=O) groups is 1. The summed E-state index contributed by atoms with van der Waals surface area (Å²) in [6.45, 7) is 5.49. The van der Waals surface area contributed by atoms with E-state index in [2.05, 4.69) is 12.2 Å². The van der Waals surface area contributed by atoms with Crippen LogP contribution in [0.25, 0.3) is 0 Å². The summed E-state index contributed by atoms with van der Waals surface area (Å²) in [5.41, 5.74) is 8.48. The van der Waals surface area contributed by atoms with Gasteiger partial charge in [0, 0.05) is 12.1 Å². The molecule has 0 aromatic heterocycles. The van der Waals surface area contributed by atoms with Crippen LogP contribution in [-0.2, 0) is 20.6 Å². The number of carbonyl (C=O) groups excluding carboxylic acids is 1. The number of ether oxygens (including phenoxy) is 3. The van der Waals surface area contributed by atoms with Crippen LogP contribution in [0.1, 0.15) is 56.0 Å². The Labute approximate surface area is 166 Å². The van der Waals surface area contributed by atoms with E-state index in [1.54, 1.807) is 18.6 Å². The number of hydrogen-bond acceptors (Lipinski definition) is 5. The van der Waals surface area contributed by atoms with Gasteiger partial charge in [0.05, 0.1) is 5.56 Å². The van der Waals surface area contributed by atoms with E-state index in [0.717, 1.165) is 41.9 Å². The van der Waals surface area contributed by atoms with Crippen molar-refractivity contribution < 1.29 is 19.0 Å². The van der Waals surface area contributed by atoms with Gasteiger partial charge in [-0.3, -0.25) is 0 Å². The van der Waals surface area contributed by atoms with Gasteiger partial charge in [0.15, 0.2) is 5.76 Å². The molecule has 0 amide bonds. The number of aryl methyl sites for hydroxylation is 1. The zero-order valence-corrected chi connectivity index (χ0v) is 16.7. The molecule has 5 nitrogen and oxygen atoms in total. The van der Waals surface area contributed by atoms with Crippen molar-refractivity contribution >= 4 is 11.7 Å². The third-order valence-electron chi connectivity index (χ3n) is 4.34. The Kier molecular flexibility index (Phi) is 5.93. The molecule has 0 radical (unpaired) electrons. The second-order valence-corrected chi connectivity index (χ2v) is 7.89. The first-order valence-corrected chi connectivity index (χ1v) is 9.52. The molecule has 0 bridgehead atoms. The highest BCUT2D eigenvalue weighted by atomic mass is 16.6. The van der Waals surface area contributed by atoms with Crippen LogP contribution in [0.4, 0.5) is 5.69 Å². The fourth-order valence-corrected chi connectivity index (χ4v) is 2.97. The van der Waals surface area contributed by atoms with Gasteiger partial charge in [0.1, 0.15) is 23.9 Å². The van der Waals surface area contributed by atoms with Gasteiger partial charge in [-0.25, -0.2) is 4.79 Å². The van der Waals surface area contributed by atoms with Crippen molar-refractivity contribution in [3.63, 3.8) is 0 Å². The Bertz CT molecular complexity index is 869. The Balaban J connectivity index is 1.58. The molecule has 1 aliphatic heterocycles. The van der Waals surface area contributed by atoms with Gasteiger partial charge in [0.25, 0.3) is 0 Å². The van der Waals surface area contributed by atoms with Crippen molar-refractivity contribution in [3.05, 3.63) is 77.2 Å². The monoisotopic (exact) mass is 381 g/mol. The van der Waals surface area contributed by atoms with Crippen LogP contribution in [0.5, 0.6) is 0 Å². The van der Waals surface area contributed by atoms with Gasteiger partial charge in [-0.15, -0.1) is 0 Å². The van der Waals surface area contributed by atoms with Crippen LogP contribution in [0, 0.1) is 0 Å². The molecule has 0 spiro atoms. The van der Waals surface area contributed by atoms with Crippen molar-refractivity contribution in [2.75, 3.05) is 5.73 Å². The van der Waals surface area contributed by atoms with Gasteiger partial charge in [0.2, 0.25) is 0 Å². The smallest absolute Gasteiger partial charge is 0.340 e. The number of nitrogens with two attached hydrogens (primary N) is 1. The number of rotatable bonds is 5. The molecule has 1 aliphatic carbocycles. The van der Waals surface area contributed by atoms with Crippen LogP contribution in [0.15, 0.2) is 66.0 Å². The van der Waals surface area contributed by atoms with Crippen molar-refractivity contribution in [1.82, 2.24) is 0 Å². The van der Waals surface area contributed by atoms with E-state index in [1.165, 1.54) is 0 Å². The zero-order chi connectivity index (χ0) is 20.1. The maximum absolute atomic E-state index is 12.2. The number of nitrogen functional groups attached to an aromatic ring is 1. The molecule has 0 saturated carbocycles. The van der Waals surface area contributed by atoms with E-state index in [-0.39, 0.29) is 0 Å². The first-order valence-electron chi connectivity index (χ1n) is 9.52. The van der Waals surface area contributed by atoms with Gasteiger partial charge < -0.3 is 19.9 Å². The average Bonchev–Trinajstić information content (AvgIpc) is 2.66. The van der Waals surface area contributed by atoms with E-state index >= 15 is 0 Å². The van der Waals surface area contributed by atoms with Crippen LogP contribution >= 0.6 is 0 Å². The van der Waals surface area contributed by atoms with E-state index in [9.17, 15) is 4.79 Å². The van der Waals surface area contributed by atoms with Crippen LogP contribution in [0.3, 0.4) is 0 Å². The summed E-state index contributed by atoms with van der Waals surface area (Å²) < 4.78 is 16.8. The fourth-order valence-electron chi connectivity index (χ4n) is 2.97. The summed E-state index contributed by atoms with van der Waals surface area (Å²) in [7, 11) is 0. The normalized spacial score (nSPS) is 16.3. The average molecular weight is 381 g/mol. The lowest BCUT2D eigenvalue weighted by atomic mass is 10.0. The molecule has 148 valence electrons. The predicted octanol–water partition coefficient (Wildman–Crippen LogP) is 5.16. The highest BCUT2D eigenvalue weighted by Gasteiger charge is 2.20. The Morgan fingerprint density at radius 3 is 2.71 bits per heavy atom. The summed E-state index contributed by atoms with van der Waals surface area (Å²) in [5, 5.41) is 0. The number of allylic oxidation sites excluding steroid dienone is 5. The SMILES string of the molecule is CC(C)(C)OC(=O)c1ccc(CCC2=COC=C(C3=CC=CCC3)O2)cc1N. The maximum atomic E-state index is 12.2. The summed E-state index contributed by atoms with van der Waals surface area (Å²) in [6, 6.07) is 5.43. The van der Waals surface area contributed by atoms with Gasteiger partial charge >= 0.3 is 5.97 Å². The molecule has 1 aromatic carbocycles. The molecule has 1 aromatic rings. The first kappa shape index (κ1) is 19.8. The second-order valence-electron chi connectivity index (χ2n) is 7.89. The summed E-state index contributed by atoms with van der Waals surface area (Å²) in [6.07, 6.45) is 12.8. The number of benzene rings is 1. The molecule has 0 atom stereocenters. The lowest BCUT2D eigenvalue weighted by Gasteiger charge is -2.20. The minimum Gasteiger partial charge on any atom is -0.465 e. The van der Waals surface area contributed by atoms with Gasteiger partial charge in [-0.1, -0.05) is 24.3 Å². The Morgan fingerprint density at radius 1 is 1.21 bits per heavy atom. The molecular formula is C23H27NO4. The quantitative estimate of drug-likeness (QED) is 0.563. The van der Waals surface area contributed by atoms with E-state index < -0.39 is 11.6 Å². The molecule has 1 heterocycles. The third kappa shape index (κ3) is 5.28. The molecular weight excluding hydrogens is 354 g/mol. The number of esters is 1. The van der Waals surface area contributed by atoms with Crippen molar-refractivity contribution in [3.8, 4) is 0 Å². The number of hydrogen-bond donors (Lipinski definition) is 1. The van der Waals surface area contributed by atoms with Gasteiger partial charge in [-0.2, -0.15) is 0 Å². The Hall–Kier alpha value is -2.95. The Morgan fingerprint density at radius 2 is 2.04 bits per heavy atom. The minimum absolute atomic E-state index is 0.387. The van der Waals surface area contributed by atoms with E-state index in [4.69, 9.17) is 19.9 Å². The van der Waals surface area contributed by atoms with Crippen molar-refractivity contribution in [2.45, 2.75) is 52.1 Å². The topological polar surface area (TPSA) is 70.8 Å². The lowest BCUT2D eigenvalue weighted by molar-refractivity contribution is 0.00708. The highest BCUT2D eigenvalue weighted by molar-refractivity contribution is 5.95. The van der Waals surface area contributed by atoms with Gasteiger partial charge in [-0.05, 0) is 63.3 Å². The fraction of sp³-hybridized carbons (Fsp3) is 0.348. The molecule has 5 heteroatoms. The van der Waals surface area contributed by atoms with E-state index in [0.29, 0.717) is 17.7 Å².